The Hall–Kier alpha value is -2.55. The molecule has 0 N–H and O–H groups in total. The molecule has 0 aliphatic rings. The number of benzene rings is 2. The Morgan fingerprint density at radius 1 is 0.966 bits per heavy atom. The van der Waals surface area contributed by atoms with Crippen LogP contribution in [0.1, 0.15) is 77.3 Å². The molecule has 0 fully saturated rings. The fourth-order valence-corrected chi connectivity index (χ4v) is 4.69. The van der Waals surface area contributed by atoms with E-state index < -0.39 is 0 Å². The third kappa shape index (κ3) is 3.08. The maximum absolute atomic E-state index is 6.45. The molecule has 0 amide bonds. The van der Waals surface area contributed by atoms with Crippen LogP contribution in [-0.2, 0) is 12.5 Å². The quantitative estimate of drug-likeness (QED) is 0.355. The van der Waals surface area contributed by atoms with E-state index in [0.29, 0.717) is 11.8 Å². The summed E-state index contributed by atoms with van der Waals surface area (Å²) in [6.07, 6.45) is 4.37. The molecule has 0 bridgehead atoms. The molecule has 2 heterocycles. The minimum atomic E-state index is 0.0174. The molecule has 0 radical (unpaired) electrons. The van der Waals surface area contributed by atoms with E-state index in [2.05, 4.69) is 101 Å². The van der Waals surface area contributed by atoms with Gasteiger partial charge < -0.3 is 4.42 Å². The van der Waals surface area contributed by atoms with Gasteiger partial charge in [-0.2, -0.15) is 4.57 Å². The summed E-state index contributed by atoms with van der Waals surface area (Å²) in [5.74, 6) is 2.03. The fraction of sp³-hybridized carbons (Fsp3) is 0.423. The van der Waals surface area contributed by atoms with E-state index in [-0.39, 0.29) is 5.41 Å². The number of rotatable bonds is 3. The molecule has 4 aromatic rings. The number of hydrogen-bond acceptors (Lipinski definition) is 1. The van der Waals surface area contributed by atoms with Gasteiger partial charge in [-0.1, -0.05) is 45.9 Å². The molecule has 3 heteroatoms. The number of imidazole rings is 1. The van der Waals surface area contributed by atoms with Crippen LogP contribution < -0.4 is 4.57 Å². The van der Waals surface area contributed by atoms with Crippen molar-refractivity contribution in [2.75, 3.05) is 0 Å². The number of fused-ring (bicyclic) bond motifs is 3. The Labute approximate surface area is 174 Å². The lowest BCUT2D eigenvalue weighted by atomic mass is 9.88. The molecule has 2 aromatic carbocycles. The predicted molar refractivity (Wildman–Crippen MR) is 121 cm³/mol. The second-order valence-corrected chi connectivity index (χ2v) is 9.87. The van der Waals surface area contributed by atoms with Crippen molar-refractivity contribution in [3.05, 3.63) is 59.7 Å². The van der Waals surface area contributed by atoms with Crippen molar-refractivity contribution in [3.8, 4) is 5.69 Å². The molecule has 0 aliphatic carbocycles. The lowest BCUT2D eigenvalue weighted by Gasteiger charge is -2.22. The van der Waals surface area contributed by atoms with Crippen LogP contribution >= 0.6 is 0 Å². The van der Waals surface area contributed by atoms with Crippen LogP contribution in [0.3, 0.4) is 0 Å². The van der Waals surface area contributed by atoms with Crippen LogP contribution in [0.5, 0.6) is 0 Å². The van der Waals surface area contributed by atoms with Crippen LogP contribution in [0.15, 0.2) is 47.1 Å². The normalized spacial score (nSPS) is 12.8. The summed E-state index contributed by atoms with van der Waals surface area (Å²) in [4.78, 5) is 0. The summed E-state index contributed by atoms with van der Waals surface area (Å²) in [6, 6.07) is 10.8. The average Bonchev–Trinajstić information content (AvgIpc) is 3.19. The third-order valence-corrected chi connectivity index (χ3v) is 5.82. The van der Waals surface area contributed by atoms with Crippen molar-refractivity contribution >= 4 is 21.9 Å². The minimum Gasteiger partial charge on any atom is -0.456 e. The SMILES string of the molecule is CC(C)c1cc2c(oc3ccccc32)c(C(C)C)c1-n1cc[n+](C)c1C(C)(C)C. The lowest BCUT2D eigenvalue weighted by molar-refractivity contribution is -0.681. The smallest absolute Gasteiger partial charge is 0.266 e. The molecule has 4 rings (SSSR count). The zero-order chi connectivity index (χ0) is 21.1. The molecule has 29 heavy (non-hydrogen) atoms. The highest BCUT2D eigenvalue weighted by Gasteiger charge is 2.34. The molecule has 0 spiro atoms. The van der Waals surface area contributed by atoms with Gasteiger partial charge in [0.05, 0.1) is 12.5 Å². The lowest BCUT2D eigenvalue weighted by Crippen LogP contribution is -2.39. The monoisotopic (exact) mass is 389 g/mol. The van der Waals surface area contributed by atoms with E-state index in [4.69, 9.17) is 4.42 Å². The number of aromatic nitrogens is 2. The van der Waals surface area contributed by atoms with Gasteiger partial charge >= 0.3 is 0 Å². The highest BCUT2D eigenvalue weighted by Crippen LogP contribution is 2.42. The summed E-state index contributed by atoms with van der Waals surface area (Å²) < 4.78 is 11.1. The van der Waals surface area contributed by atoms with Crippen LogP contribution in [0, 0.1) is 0 Å². The molecule has 0 atom stereocenters. The van der Waals surface area contributed by atoms with E-state index >= 15 is 0 Å². The van der Waals surface area contributed by atoms with Crippen LogP contribution in [-0.4, -0.2) is 4.57 Å². The van der Waals surface area contributed by atoms with E-state index in [1.54, 1.807) is 0 Å². The molecular weight excluding hydrogens is 356 g/mol. The first kappa shape index (κ1) is 19.8. The Bertz CT molecular complexity index is 1200. The minimum absolute atomic E-state index is 0.0174. The van der Waals surface area contributed by atoms with Gasteiger partial charge in [0.2, 0.25) is 0 Å². The van der Waals surface area contributed by atoms with Crippen molar-refractivity contribution in [3.63, 3.8) is 0 Å². The maximum Gasteiger partial charge on any atom is 0.266 e. The maximum atomic E-state index is 6.45. The van der Waals surface area contributed by atoms with Gasteiger partial charge in [0, 0.05) is 21.9 Å². The molecule has 0 saturated carbocycles. The first-order valence-corrected chi connectivity index (χ1v) is 10.7. The Kier molecular flexibility index (Phi) is 4.60. The molecule has 2 aromatic heterocycles. The van der Waals surface area contributed by atoms with Gasteiger partial charge in [0.1, 0.15) is 29.2 Å². The summed E-state index contributed by atoms with van der Waals surface area (Å²) in [5, 5.41) is 2.43. The van der Waals surface area contributed by atoms with Gasteiger partial charge in [-0.3, -0.25) is 0 Å². The first-order valence-electron chi connectivity index (χ1n) is 10.7. The largest absolute Gasteiger partial charge is 0.456 e. The highest BCUT2D eigenvalue weighted by molar-refractivity contribution is 6.07. The Morgan fingerprint density at radius 2 is 1.66 bits per heavy atom. The van der Waals surface area contributed by atoms with E-state index in [9.17, 15) is 0 Å². The number of aryl methyl sites for hydroxylation is 1. The summed E-state index contributed by atoms with van der Waals surface area (Å²) >= 11 is 0. The third-order valence-electron chi connectivity index (χ3n) is 5.82. The number of hydrogen-bond donors (Lipinski definition) is 0. The molecule has 0 unspecified atom stereocenters. The van der Waals surface area contributed by atoms with E-state index in [1.807, 2.05) is 6.07 Å². The molecular formula is C26H33N2O+. The van der Waals surface area contributed by atoms with Crippen molar-refractivity contribution in [2.24, 2.45) is 7.05 Å². The van der Waals surface area contributed by atoms with Crippen molar-refractivity contribution in [2.45, 2.75) is 65.7 Å². The average molecular weight is 390 g/mol. The molecule has 152 valence electrons. The number of furan rings is 1. The summed E-state index contributed by atoms with van der Waals surface area (Å²) in [7, 11) is 2.14. The van der Waals surface area contributed by atoms with Gasteiger partial charge in [-0.05, 0) is 44.7 Å². The van der Waals surface area contributed by atoms with Crippen molar-refractivity contribution in [1.82, 2.24) is 4.57 Å². The summed E-state index contributed by atoms with van der Waals surface area (Å²) in [5.41, 5.74) is 5.96. The van der Waals surface area contributed by atoms with Gasteiger partial charge in [-0.25, -0.2) is 4.57 Å². The first-order chi connectivity index (χ1) is 13.6. The van der Waals surface area contributed by atoms with Crippen LogP contribution in [0.4, 0.5) is 0 Å². The predicted octanol–water partition coefficient (Wildman–Crippen LogP) is 6.75. The second kappa shape index (κ2) is 6.76. The standard InChI is InChI=1S/C26H33N2O/c1-16(2)19-15-20-18-11-9-10-12-21(18)29-24(20)22(17(3)4)23(19)28-14-13-27(8)25(28)26(5,6)7/h9-17H,1-8H3/q+1. The molecule has 0 saturated heterocycles. The zero-order valence-corrected chi connectivity index (χ0v) is 19.0. The van der Waals surface area contributed by atoms with Crippen molar-refractivity contribution < 1.29 is 8.98 Å². The Balaban J connectivity index is 2.21. The van der Waals surface area contributed by atoms with Crippen LogP contribution in [0.2, 0.25) is 0 Å². The van der Waals surface area contributed by atoms with E-state index in [1.165, 1.54) is 33.4 Å². The van der Waals surface area contributed by atoms with Gasteiger partial charge in [-0.15, -0.1) is 0 Å². The number of nitrogens with zero attached hydrogens (tertiary/aromatic N) is 2. The highest BCUT2D eigenvalue weighted by atomic mass is 16.3. The fourth-order valence-electron chi connectivity index (χ4n) is 4.69. The molecule has 3 nitrogen and oxygen atoms in total. The topological polar surface area (TPSA) is 21.9 Å². The van der Waals surface area contributed by atoms with Gasteiger partial charge in [0.15, 0.2) is 0 Å². The molecule has 0 aliphatic heterocycles. The van der Waals surface area contributed by atoms with Gasteiger partial charge in [0.25, 0.3) is 5.82 Å². The summed E-state index contributed by atoms with van der Waals surface area (Å²) in [6.45, 7) is 16.0. The number of para-hydroxylation sites is 1. The Morgan fingerprint density at radius 3 is 2.28 bits per heavy atom. The second-order valence-electron chi connectivity index (χ2n) is 9.87. The van der Waals surface area contributed by atoms with Crippen LogP contribution in [0.25, 0.3) is 27.6 Å². The zero-order valence-electron chi connectivity index (χ0n) is 19.0. The van der Waals surface area contributed by atoms with Crippen molar-refractivity contribution in [1.29, 1.82) is 0 Å². The van der Waals surface area contributed by atoms with E-state index in [0.717, 1.165) is 11.2 Å².